The van der Waals surface area contributed by atoms with E-state index in [1.165, 1.54) is 6.08 Å². The average molecular weight is 419 g/mol. The number of benzene rings is 2. The van der Waals surface area contributed by atoms with Gasteiger partial charge >= 0.3 is 5.97 Å². The summed E-state index contributed by atoms with van der Waals surface area (Å²) in [7, 11) is 1.57. The molecule has 1 N–H and O–H groups in total. The lowest BCUT2D eigenvalue weighted by atomic mass is 10.2. The average Bonchev–Trinajstić information content (AvgIpc) is 3.08. The molecular weight excluding hydrogens is 394 g/mol. The second-order valence-electron chi connectivity index (χ2n) is 6.86. The van der Waals surface area contributed by atoms with Gasteiger partial charge in [-0.15, -0.1) is 0 Å². The highest BCUT2D eigenvalue weighted by molar-refractivity contribution is 5.89. The van der Waals surface area contributed by atoms with Crippen LogP contribution in [0.1, 0.15) is 22.5 Å². The Morgan fingerprint density at radius 3 is 2.52 bits per heavy atom. The lowest BCUT2D eigenvalue weighted by Crippen LogP contribution is -2.28. The highest BCUT2D eigenvalue weighted by Crippen LogP contribution is 2.19. The molecule has 31 heavy (non-hydrogen) atoms. The van der Waals surface area contributed by atoms with E-state index in [2.05, 4.69) is 10.4 Å². The Labute approximate surface area is 181 Å². The molecule has 3 aromatic rings. The lowest BCUT2D eigenvalue weighted by molar-refractivity contribution is -0.143. The summed E-state index contributed by atoms with van der Waals surface area (Å²) in [6.45, 7) is 3.74. The molecular formula is C24H25N3O4. The summed E-state index contributed by atoms with van der Waals surface area (Å²) < 4.78 is 12.1. The molecule has 0 bridgehead atoms. The van der Waals surface area contributed by atoms with E-state index >= 15 is 0 Å². The fourth-order valence-corrected chi connectivity index (χ4v) is 3.15. The third-order valence-corrected chi connectivity index (χ3v) is 4.75. The SMILES string of the molecule is COc1ccccc1CNC(=O)COC(=O)/C=C/c1c(C)nn(-c2ccccc2)c1C. The van der Waals surface area contributed by atoms with Gasteiger partial charge in [0.25, 0.3) is 5.91 Å². The van der Waals surface area contributed by atoms with Gasteiger partial charge < -0.3 is 14.8 Å². The number of nitrogens with zero attached hydrogens (tertiary/aromatic N) is 2. The number of rotatable bonds is 8. The van der Waals surface area contributed by atoms with Gasteiger partial charge in [-0.3, -0.25) is 4.79 Å². The van der Waals surface area contributed by atoms with Crippen molar-refractivity contribution < 1.29 is 19.1 Å². The number of hydrogen-bond donors (Lipinski definition) is 1. The van der Waals surface area contributed by atoms with Crippen LogP contribution in [0.25, 0.3) is 11.8 Å². The van der Waals surface area contributed by atoms with E-state index in [9.17, 15) is 9.59 Å². The van der Waals surface area contributed by atoms with Crippen LogP contribution in [0.2, 0.25) is 0 Å². The van der Waals surface area contributed by atoms with Gasteiger partial charge in [0.1, 0.15) is 5.75 Å². The zero-order chi connectivity index (χ0) is 22.2. The van der Waals surface area contributed by atoms with Gasteiger partial charge in [0.2, 0.25) is 0 Å². The maximum absolute atomic E-state index is 12.1. The summed E-state index contributed by atoms with van der Waals surface area (Å²) in [5.74, 6) is -0.305. The molecule has 0 aliphatic heterocycles. The lowest BCUT2D eigenvalue weighted by Gasteiger charge is -2.09. The molecule has 0 aliphatic rings. The number of carbonyl (C=O) groups is 2. The number of hydrogen-bond acceptors (Lipinski definition) is 5. The van der Waals surface area contributed by atoms with Crippen molar-refractivity contribution in [3.63, 3.8) is 0 Å². The second kappa shape index (κ2) is 10.2. The van der Waals surface area contributed by atoms with Gasteiger partial charge in [0, 0.05) is 29.4 Å². The van der Waals surface area contributed by atoms with E-state index < -0.39 is 11.9 Å². The molecule has 0 spiro atoms. The van der Waals surface area contributed by atoms with Gasteiger partial charge in [0.05, 0.1) is 18.5 Å². The molecule has 1 heterocycles. The van der Waals surface area contributed by atoms with Crippen LogP contribution < -0.4 is 10.1 Å². The summed E-state index contributed by atoms with van der Waals surface area (Å²) in [5.41, 5.74) is 4.31. The predicted molar refractivity (Wildman–Crippen MR) is 118 cm³/mol. The van der Waals surface area contributed by atoms with Gasteiger partial charge in [-0.2, -0.15) is 5.10 Å². The summed E-state index contributed by atoms with van der Waals surface area (Å²) >= 11 is 0. The van der Waals surface area contributed by atoms with Crippen molar-refractivity contribution in [2.75, 3.05) is 13.7 Å². The number of esters is 1. The Kier molecular flexibility index (Phi) is 7.22. The molecule has 7 nitrogen and oxygen atoms in total. The smallest absolute Gasteiger partial charge is 0.331 e. The number of amides is 1. The predicted octanol–water partition coefficient (Wildman–Crippen LogP) is 3.37. The number of aromatic nitrogens is 2. The van der Waals surface area contributed by atoms with Crippen molar-refractivity contribution in [2.24, 2.45) is 0 Å². The first-order valence-corrected chi connectivity index (χ1v) is 9.84. The first-order valence-electron chi connectivity index (χ1n) is 9.84. The minimum atomic E-state index is -0.598. The van der Waals surface area contributed by atoms with Crippen LogP contribution in [0.3, 0.4) is 0 Å². The normalized spacial score (nSPS) is 10.8. The van der Waals surface area contributed by atoms with Crippen molar-refractivity contribution in [1.29, 1.82) is 0 Å². The Balaban J connectivity index is 1.54. The maximum atomic E-state index is 12.1. The van der Waals surface area contributed by atoms with Crippen LogP contribution in [0.5, 0.6) is 5.75 Å². The van der Waals surface area contributed by atoms with Crippen molar-refractivity contribution >= 4 is 18.0 Å². The highest BCUT2D eigenvalue weighted by atomic mass is 16.5. The van der Waals surface area contributed by atoms with E-state index in [0.29, 0.717) is 5.75 Å². The summed E-state index contributed by atoms with van der Waals surface area (Å²) in [6, 6.07) is 17.1. The van der Waals surface area contributed by atoms with Crippen LogP contribution >= 0.6 is 0 Å². The zero-order valence-electron chi connectivity index (χ0n) is 17.8. The molecule has 0 aliphatic carbocycles. The molecule has 0 saturated carbocycles. The molecule has 2 aromatic carbocycles. The molecule has 1 aromatic heterocycles. The largest absolute Gasteiger partial charge is 0.496 e. The van der Waals surface area contributed by atoms with Gasteiger partial charge in [0.15, 0.2) is 6.61 Å². The molecule has 0 unspecified atom stereocenters. The van der Waals surface area contributed by atoms with Crippen LogP contribution in [0, 0.1) is 13.8 Å². The molecule has 3 rings (SSSR count). The second-order valence-corrected chi connectivity index (χ2v) is 6.86. The summed E-state index contributed by atoms with van der Waals surface area (Å²) in [4.78, 5) is 24.1. The van der Waals surface area contributed by atoms with E-state index in [1.807, 2.05) is 73.1 Å². The van der Waals surface area contributed by atoms with Crippen molar-refractivity contribution in [1.82, 2.24) is 15.1 Å². The quantitative estimate of drug-likeness (QED) is 0.447. The minimum Gasteiger partial charge on any atom is -0.496 e. The van der Waals surface area contributed by atoms with Gasteiger partial charge in [-0.25, -0.2) is 9.48 Å². The number of aryl methyl sites for hydroxylation is 1. The fraction of sp³-hybridized carbons (Fsp3) is 0.208. The molecule has 160 valence electrons. The number of ether oxygens (including phenoxy) is 2. The summed E-state index contributed by atoms with van der Waals surface area (Å²) in [6.07, 6.45) is 2.96. The zero-order valence-corrected chi connectivity index (χ0v) is 17.8. The molecule has 0 fully saturated rings. The van der Waals surface area contributed by atoms with Crippen LogP contribution in [0.15, 0.2) is 60.7 Å². The molecule has 1 amide bonds. The highest BCUT2D eigenvalue weighted by Gasteiger charge is 2.12. The third kappa shape index (κ3) is 5.60. The summed E-state index contributed by atoms with van der Waals surface area (Å²) in [5, 5.41) is 7.25. The minimum absolute atomic E-state index is 0.285. The molecule has 0 saturated heterocycles. The van der Waals surface area contributed by atoms with Crippen LogP contribution in [0.4, 0.5) is 0 Å². The number of carbonyl (C=O) groups excluding carboxylic acids is 2. The first kappa shape index (κ1) is 21.8. The Bertz CT molecular complexity index is 1090. The van der Waals surface area contributed by atoms with Gasteiger partial charge in [-0.1, -0.05) is 36.4 Å². The van der Waals surface area contributed by atoms with Crippen molar-refractivity contribution in [2.45, 2.75) is 20.4 Å². The fourth-order valence-electron chi connectivity index (χ4n) is 3.15. The molecule has 0 radical (unpaired) electrons. The first-order chi connectivity index (χ1) is 15.0. The number of methoxy groups -OCH3 is 1. The van der Waals surface area contributed by atoms with Crippen molar-refractivity contribution in [3.05, 3.63) is 83.2 Å². The Morgan fingerprint density at radius 2 is 1.77 bits per heavy atom. The van der Waals surface area contributed by atoms with E-state index in [0.717, 1.165) is 28.2 Å². The topological polar surface area (TPSA) is 82.4 Å². The van der Waals surface area contributed by atoms with E-state index in [4.69, 9.17) is 9.47 Å². The maximum Gasteiger partial charge on any atom is 0.331 e. The Morgan fingerprint density at radius 1 is 1.06 bits per heavy atom. The monoisotopic (exact) mass is 419 g/mol. The van der Waals surface area contributed by atoms with Crippen LogP contribution in [-0.2, 0) is 20.9 Å². The van der Waals surface area contributed by atoms with E-state index in [-0.39, 0.29) is 13.2 Å². The standard InChI is InChI=1S/C24H25N3O4/c1-17-21(18(2)27(26-17)20-10-5-4-6-11-20)13-14-24(29)31-16-23(28)25-15-19-9-7-8-12-22(19)30-3/h4-14H,15-16H2,1-3H3,(H,25,28)/b14-13+. The van der Waals surface area contributed by atoms with Crippen molar-refractivity contribution in [3.8, 4) is 11.4 Å². The molecule has 7 heteroatoms. The van der Waals surface area contributed by atoms with Crippen LogP contribution in [-0.4, -0.2) is 35.4 Å². The van der Waals surface area contributed by atoms with E-state index in [1.54, 1.807) is 13.2 Å². The Hall–Kier alpha value is -3.87. The number of para-hydroxylation sites is 2. The third-order valence-electron chi connectivity index (χ3n) is 4.75. The number of nitrogens with one attached hydrogen (secondary N) is 1. The van der Waals surface area contributed by atoms with Gasteiger partial charge in [-0.05, 0) is 38.1 Å². The molecule has 0 atom stereocenters.